The summed E-state index contributed by atoms with van der Waals surface area (Å²) in [7, 11) is 1.67. The Morgan fingerprint density at radius 1 is 1.00 bits per heavy atom. The molecule has 0 radical (unpaired) electrons. The molecule has 2 amide bonds. The number of hydrogen-bond donors (Lipinski definition) is 0. The number of para-hydroxylation sites is 2. The minimum absolute atomic E-state index is 0.0287. The molecule has 1 saturated heterocycles. The monoisotopic (exact) mass is 395 g/mol. The Bertz CT molecular complexity index is 868. The molecule has 0 bridgehead atoms. The van der Waals surface area contributed by atoms with E-state index in [9.17, 15) is 9.59 Å². The Morgan fingerprint density at radius 2 is 1.62 bits per heavy atom. The Hall–Kier alpha value is -3.02. The van der Waals surface area contributed by atoms with Crippen molar-refractivity contribution in [3.05, 3.63) is 53.6 Å². The van der Waals surface area contributed by atoms with E-state index >= 15 is 0 Å². The molecule has 0 atom stereocenters. The highest BCUT2D eigenvalue weighted by Crippen LogP contribution is 2.28. The van der Waals surface area contributed by atoms with Crippen molar-refractivity contribution in [2.75, 3.05) is 49.6 Å². The lowest BCUT2D eigenvalue weighted by atomic mass is 10.1. The third-order valence-electron chi connectivity index (χ3n) is 5.25. The lowest BCUT2D eigenvalue weighted by Gasteiger charge is -2.37. The zero-order chi connectivity index (χ0) is 21.0. The minimum Gasteiger partial charge on any atom is -0.495 e. The highest BCUT2D eigenvalue weighted by Gasteiger charge is 2.25. The van der Waals surface area contributed by atoms with Crippen LogP contribution in [0, 0.1) is 13.8 Å². The topological polar surface area (TPSA) is 53.1 Å². The number of methoxy groups -OCH3 is 1. The van der Waals surface area contributed by atoms with Crippen LogP contribution in [0.4, 0.5) is 11.4 Å². The van der Waals surface area contributed by atoms with Crippen molar-refractivity contribution in [3.8, 4) is 5.75 Å². The van der Waals surface area contributed by atoms with Gasteiger partial charge in [-0.3, -0.25) is 9.59 Å². The predicted molar refractivity (Wildman–Crippen MR) is 116 cm³/mol. The molecule has 0 unspecified atom stereocenters. The lowest BCUT2D eigenvalue weighted by molar-refractivity contribution is -0.131. The van der Waals surface area contributed by atoms with Crippen molar-refractivity contribution in [2.24, 2.45) is 0 Å². The summed E-state index contributed by atoms with van der Waals surface area (Å²) in [5, 5.41) is 0. The molecule has 6 nitrogen and oxygen atoms in total. The second-order valence-electron chi connectivity index (χ2n) is 7.49. The van der Waals surface area contributed by atoms with Gasteiger partial charge in [0.25, 0.3) is 0 Å². The number of ether oxygens (including phenoxy) is 1. The molecule has 1 fully saturated rings. The number of hydrogen-bond acceptors (Lipinski definition) is 4. The third-order valence-corrected chi connectivity index (χ3v) is 5.25. The maximum atomic E-state index is 12.9. The first-order valence-electron chi connectivity index (χ1n) is 9.91. The Labute approximate surface area is 172 Å². The van der Waals surface area contributed by atoms with Crippen molar-refractivity contribution < 1.29 is 14.3 Å². The van der Waals surface area contributed by atoms with Crippen molar-refractivity contribution in [1.82, 2.24) is 4.90 Å². The van der Waals surface area contributed by atoms with Crippen LogP contribution in [0.2, 0.25) is 0 Å². The predicted octanol–water partition coefficient (Wildman–Crippen LogP) is 3.01. The average molecular weight is 396 g/mol. The van der Waals surface area contributed by atoms with Crippen LogP contribution in [0.3, 0.4) is 0 Å². The quantitative estimate of drug-likeness (QED) is 0.781. The molecule has 2 aromatic carbocycles. The number of carbonyl (C=O) groups is 2. The largest absolute Gasteiger partial charge is 0.495 e. The SMILES string of the molecule is COc1ccccc1N1CCN(C(=O)CN(C(C)=O)c2cc(C)cc(C)c2)CC1. The number of aryl methyl sites for hydroxylation is 2. The molecule has 1 heterocycles. The maximum Gasteiger partial charge on any atom is 0.242 e. The van der Waals surface area contributed by atoms with Gasteiger partial charge in [-0.25, -0.2) is 0 Å². The van der Waals surface area contributed by atoms with Crippen LogP contribution in [-0.4, -0.2) is 56.5 Å². The molecule has 154 valence electrons. The number of anilines is 2. The molecule has 3 rings (SSSR count). The molecule has 0 N–H and O–H groups in total. The zero-order valence-electron chi connectivity index (χ0n) is 17.6. The zero-order valence-corrected chi connectivity index (χ0v) is 17.6. The van der Waals surface area contributed by atoms with Gasteiger partial charge in [-0.15, -0.1) is 0 Å². The summed E-state index contributed by atoms with van der Waals surface area (Å²) in [5.41, 5.74) is 3.96. The van der Waals surface area contributed by atoms with Gasteiger partial charge in [-0.2, -0.15) is 0 Å². The number of benzene rings is 2. The van der Waals surface area contributed by atoms with Gasteiger partial charge in [-0.1, -0.05) is 18.2 Å². The van der Waals surface area contributed by atoms with Crippen LogP contribution in [0.5, 0.6) is 5.75 Å². The van der Waals surface area contributed by atoms with Gasteiger partial charge in [-0.05, 0) is 49.2 Å². The molecule has 0 spiro atoms. The minimum atomic E-state index is -0.129. The van der Waals surface area contributed by atoms with Gasteiger partial charge < -0.3 is 19.4 Å². The van der Waals surface area contributed by atoms with Crippen molar-refractivity contribution in [1.29, 1.82) is 0 Å². The standard InChI is InChI=1S/C23H29N3O3/c1-17-13-18(2)15-20(14-17)26(19(3)27)16-23(28)25-11-9-24(10-12-25)21-7-5-6-8-22(21)29-4/h5-8,13-15H,9-12,16H2,1-4H3. The van der Waals surface area contributed by atoms with Crippen LogP contribution >= 0.6 is 0 Å². The molecule has 0 saturated carbocycles. The smallest absolute Gasteiger partial charge is 0.242 e. The second kappa shape index (κ2) is 8.99. The summed E-state index contributed by atoms with van der Waals surface area (Å²) in [6.07, 6.45) is 0. The van der Waals surface area contributed by atoms with E-state index in [1.54, 1.807) is 12.0 Å². The first-order chi connectivity index (χ1) is 13.9. The molecular formula is C23H29N3O3. The van der Waals surface area contributed by atoms with Gasteiger partial charge >= 0.3 is 0 Å². The van der Waals surface area contributed by atoms with Gasteiger partial charge in [0.1, 0.15) is 12.3 Å². The number of nitrogens with zero attached hydrogens (tertiary/aromatic N) is 3. The number of rotatable bonds is 5. The van der Waals surface area contributed by atoms with Crippen molar-refractivity contribution in [3.63, 3.8) is 0 Å². The van der Waals surface area contributed by atoms with Crippen LogP contribution in [-0.2, 0) is 9.59 Å². The fourth-order valence-electron chi connectivity index (χ4n) is 3.81. The number of amides is 2. The molecule has 1 aliphatic rings. The first-order valence-corrected chi connectivity index (χ1v) is 9.91. The van der Waals surface area contributed by atoms with E-state index in [1.807, 2.05) is 55.1 Å². The summed E-state index contributed by atoms with van der Waals surface area (Å²) >= 11 is 0. The van der Waals surface area contributed by atoms with Crippen molar-refractivity contribution in [2.45, 2.75) is 20.8 Å². The fraction of sp³-hybridized carbons (Fsp3) is 0.391. The fourth-order valence-corrected chi connectivity index (χ4v) is 3.81. The maximum absolute atomic E-state index is 12.9. The van der Waals surface area contributed by atoms with Gasteiger partial charge in [0.2, 0.25) is 11.8 Å². The van der Waals surface area contributed by atoms with Gasteiger partial charge in [0.15, 0.2) is 0 Å². The van der Waals surface area contributed by atoms with Gasteiger partial charge in [0.05, 0.1) is 12.8 Å². The Morgan fingerprint density at radius 3 is 2.21 bits per heavy atom. The highest BCUT2D eigenvalue weighted by atomic mass is 16.5. The molecule has 2 aromatic rings. The molecule has 0 aliphatic carbocycles. The second-order valence-corrected chi connectivity index (χ2v) is 7.49. The molecule has 29 heavy (non-hydrogen) atoms. The van der Waals surface area contributed by atoms with E-state index in [-0.39, 0.29) is 18.4 Å². The van der Waals surface area contributed by atoms with E-state index in [0.717, 1.165) is 41.3 Å². The molecule has 0 aromatic heterocycles. The van der Waals surface area contributed by atoms with E-state index in [1.165, 1.54) is 6.92 Å². The Balaban J connectivity index is 1.66. The number of piperazine rings is 1. The average Bonchev–Trinajstić information content (AvgIpc) is 2.71. The summed E-state index contributed by atoms with van der Waals surface area (Å²) in [6, 6.07) is 13.9. The lowest BCUT2D eigenvalue weighted by Crippen LogP contribution is -2.52. The van der Waals surface area contributed by atoms with Crippen LogP contribution in [0.1, 0.15) is 18.1 Å². The van der Waals surface area contributed by atoms with E-state index in [0.29, 0.717) is 13.1 Å². The van der Waals surface area contributed by atoms with Crippen molar-refractivity contribution >= 4 is 23.2 Å². The Kier molecular flexibility index (Phi) is 6.42. The number of carbonyl (C=O) groups excluding carboxylic acids is 2. The van der Waals surface area contributed by atoms with E-state index in [4.69, 9.17) is 4.74 Å². The molecule has 1 aliphatic heterocycles. The van der Waals surface area contributed by atoms with Gasteiger partial charge in [0, 0.05) is 38.8 Å². The van der Waals surface area contributed by atoms with Crippen LogP contribution in [0.15, 0.2) is 42.5 Å². The summed E-state index contributed by atoms with van der Waals surface area (Å²) in [4.78, 5) is 30.8. The summed E-state index contributed by atoms with van der Waals surface area (Å²) in [6.45, 7) is 8.26. The molecular weight excluding hydrogens is 366 g/mol. The highest BCUT2D eigenvalue weighted by molar-refractivity contribution is 5.97. The summed E-state index contributed by atoms with van der Waals surface area (Å²) < 4.78 is 5.45. The van der Waals surface area contributed by atoms with E-state index in [2.05, 4.69) is 11.0 Å². The third kappa shape index (κ3) is 4.88. The van der Waals surface area contributed by atoms with Crippen LogP contribution < -0.4 is 14.5 Å². The first kappa shape index (κ1) is 20.7. The summed E-state index contributed by atoms with van der Waals surface area (Å²) in [5.74, 6) is 0.680. The normalized spacial score (nSPS) is 13.9. The van der Waals surface area contributed by atoms with Crippen LogP contribution in [0.25, 0.3) is 0 Å². The van der Waals surface area contributed by atoms with E-state index < -0.39 is 0 Å². The molecule has 6 heteroatoms.